The first-order chi connectivity index (χ1) is 17.9. The molecule has 3 saturated heterocycles. The molecule has 2 aromatic rings. The highest BCUT2D eigenvalue weighted by Gasteiger charge is 2.34. The van der Waals surface area contributed by atoms with Gasteiger partial charge in [-0.25, -0.2) is 4.79 Å². The van der Waals surface area contributed by atoms with Gasteiger partial charge in [0.2, 0.25) is 11.8 Å². The quantitative estimate of drug-likeness (QED) is 0.616. The fourth-order valence-electron chi connectivity index (χ4n) is 6.57. The van der Waals surface area contributed by atoms with E-state index in [-0.39, 0.29) is 23.8 Å². The van der Waals surface area contributed by atoms with Gasteiger partial charge in [-0.3, -0.25) is 19.6 Å². The summed E-state index contributed by atoms with van der Waals surface area (Å²) >= 11 is 0. The van der Waals surface area contributed by atoms with Gasteiger partial charge in [-0.05, 0) is 75.0 Å². The second-order valence-corrected chi connectivity index (χ2v) is 10.9. The summed E-state index contributed by atoms with van der Waals surface area (Å²) in [5.41, 5.74) is 2.97. The maximum Gasteiger partial charge on any atom is 0.409 e. The van der Waals surface area contributed by atoms with Crippen molar-refractivity contribution in [2.75, 3.05) is 37.7 Å². The number of hydrogen-bond donors (Lipinski definition) is 1. The lowest BCUT2D eigenvalue weighted by Crippen LogP contribution is -2.42. The van der Waals surface area contributed by atoms with E-state index in [0.717, 1.165) is 55.6 Å². The lowest BCUT2D eigenvalue weighted by molar-refractivity contribution is -0.134. The summed E-state index contributed by atoms with van der Waals surface area (Å²) in [6.45, 7) is 8.36. The Bertz CT molecular complexity index is 1160. The summed E-state index contributed by atoms with van der Waals surface area (Å²) in [7, 11) is 1.92. The Hall–Kier alpha value is -3.10. The number of aryl methyl sites for hydroxylation is 1. The molecule has 3 aliphatic heterocycles. The number of carbonyl (C=O) groups is 3. The number of anilines is 1. The predicted molar refractivity (Wildman–Crippen MR) is 141 cm³/mol. The number of nitrogens with one attached hydrogen (secondary N) is 1. The molecule has 1 aromatic heterocycles. The molecule has 1 N–H and O–H groups in total. The highest BCUT2D eigenvalue weighted by Crippen LogP contribution is 2.37. The number of rotatable bonds is 5. The van der Waals surface area contributed by atoms with Gasteiger partial charge in [-0.1, -0.05) is 6.92 Å². The summed E-state index contributed by atoms with van der Waals surface area (Å²) < 4.78 is 7.02. The Morgan fingerprint density at radius 2 is 1.76 bits per heavy atom. The van der Waals surface area contributed by atoms with Crippen LogP contribution < -0.4 is 10.2 Å². The number of imide groups is 1. The van der Waals surface area contributed by atoms with E-state index in [4.69, 9.17) is 4.74 Å². The standard InChI is InChI=1S/C28H39N5O4/c1-4-37-28(36)33-15-11-20(12-16-33)18(2)19-9-13-32(14-10-19)21-5-6-22-24(17-21)31(3)30-26(22)23-7-8-25(34)29-27(23)35/h5-6,17-20,23H,4,7-16H2,1-3H3,(H,29,34,35)/t18-,23?/m0/s1. The number of nitrogens with zero attached hydrogens (tertiary/aromatic N) is 4. The van der Waals surface area contributed by atoms with Crippen molar-refractivity contribution in [3.63, 3.8) is 0 Å². The first-order valence-corrected chi connectivity index (χ1v) is 13.8. The average molecular weight is 510 g/mol. The van der Waals surface area contributed by atoms with Crippen molar-refractivity contribution in [1.82, 2.24) is 20.0 Å². The number of benzene rings is 1. The number of piperidine rings is 3. The first kappa shape index (κ1) is 25.5. The average Bonchev–Trinajstić information content (AvgIpc) is 3.24. The van der Waals surface area contributed by atoms with Crippen LogP contribution >= 0.6 is 0 Å². The van der Waals surface area contributed by atoms with Gasteiger partial charge in [0, 0.05) is 50.7 Å². The zero-order valence-electron chi connectivity index (χ0n) is 22.2. The van der Waals surface area contributed by atoms with Gasteiger partial charge in [0.25, 0.3) is 0 Å². The van der Waals surface area contributed by atoms with E-state index in [1.54, 1.807) is 0 Å². The molecule has 0 saturated carbocycles. The second kappa shape index (κ2) is 10.7. The van der Waals surface area contributed by atoms with Gasteiger partial charge in [0.1, 0.15) is 0 Å². The molecule has 1 unspecified atom stereocenters. The number of fused-ring (bicyclic) bond motifs is 1. The van der Waals surface area contributed by atoms with Gasteiger partial charge in [0.05, 0.1) is 23.7 Å². The van der Waals surface area contributed by atoms with Crippen LogP contribution in [0.4, 0.5) is 10.5 Å². The lowest BCUT2D eigenvalue weighted by Gasteiger charge is -2.41. The third kappa shape index (κ3) is 5.18. The summed E-state index contributed by atoms with van der Waals surface area (Å²) in [5.74, 6) is 1.19. The van der Waals surface area contributed by atoms with Crippen molar-refractivity contribution >= 4 is 34.5 Å². The number of likely N-dealkylation sites (tertiary alicyclic amines) is 1. The number of hydrogen-bond acceptors (Lipinski definition) is 6. The number of ether oxygens (including phenoxy) is 1. The van der Waals surface area contributed by atoms with Gasteiger partial charge in [0.15, 0.2) is 0 Å². The molecule has 9 nitrogen and oxygen atoms in total. The molecular formula is C28H39N5O4. The van der Waals surface area contributed by atoms with Crippen LogP contribution in [0.5, 0.6) is 0 Å². The summed E-state index contributed by atoms with van der Waals surface area (Å²) in [5, 5.41) is 8.12. The van der Waals surface area contributed by atoms with Crippen LogP contribution in [-0.2, 0) is 21.4 Å². The van der Waals surface area contributed by atoms with Crippen LogP contribution in [0, 0.1) is 17.8 Å². The molecule has 4 heterocycles. The largest absolute Gasteiger partial charge is 0.450 e. The van der Waals surface area contributed by atoms with E-state index in [9.17, 15) is 14.4 Å². The highest BCUT2D eigenvalue weighted by atomic mass is 16.6. The minimum atomic E-state index is -0.381. The van der Waals surface area contributed by atoms with Crippen LogP contribution in [0.1, 0.15) is 64.0 Å². The minimum Gasteiger partial charge on any atom is -0.450 e. The normalized spacial score (nSPS) is 22.8. The molecule has 0 spiro atoms. The lowest BCUT2D eigenvalue weighted by atomic mass is 9.74. The molecule has 3 amide bonds. The van der Waals surface area contributed by atoms with Gasteiger partial charge < -0.3 is 14.5 Å². The Balaban J connectivity index is 1.20. The number of aromatic nitrogens is 2. The fourth-order valence-corrected chi connectivity index (χ4v) is 6.57. The van der Waals surface area contributed by atoms with Crippen LogP contribution in [-0.4, -0.2) is 65.4 Å². The molecule has 9 heteroatoms. The molecule has 3 fully saturated rings. The van der Waals surface area contributed by atoms with Crippen molar-refractivity contribution in [2.24, 2.45) is 24.8 Å². The Morgan fingerprint density at radius 3 is 2.41 bits per heavy atom. The topological polar surface area (TPSA) is 96.8 Å². The van der Waals surface area contributed by atoms with Crippen molar-refractivity contribution in [3.8, 4) is 0 Å². The SMILES string of the molecule is CCOC(=O)N1CCC([C@@H](C)C2CCN(c3ccc4c(C5CCC(=O)NC5=O)nn(C)c4c3)CC2)CC1. The fraction of sp³-hybridized carbons (Fsp3) is 0.643. The third-order valence-corrected chi connectivity index (χ3v) is 8.89. The van der Waals surface area contributed by atoms with Crippen LogP contribution in [0.2, 0.25) is 0 Å². The molecule has 0 bridgehead atoms. The van der Waals surface area contributed by atoms with Gasteiger partial charge >= 0.3 is 6.09 Å². The summed E-state index contributed by atoms with van der Waals surface area (Å²) in [4.78, 5) is 40.3. The molecular weight excluding hydrogens is 470 g/mol. The zero-order valence-corrected chi connectivity index (χ0v) is 22.2. The summed E-state index contributed by atoms with van der Waals surface area (Å²) in [6.07, 6.45) is 5.15. The predicted octanol–water partition coefficient (Wildman–Crippen LogP) is 3.81. The van der Waals surface area contributed by atoms with Crippen molar-refractivity contribution in [1.29, 1.82) is 0 Å². The first-order valence-electron chi connectivity index (χ1n) is 13.8. The Labute approximate surface area is 218 Å². The molecule has 2 atom stereocenters. The monoisotopic (exact) mass is 509 g/mol. The van der Waals surface area contributed by atoms with E-state index < -0.39 is 0 Å². The van der Waals surface area contributed by atoms with E-state index in [1.807, 2.05) is 23.6 Å². The molecule has 3 aliphatic rings. The van der Waals surface area contributed by atoms with Crippen molar-refractivity contribution < 1.29 is 19.1 Å². The van der Waals surface area contributed by atoms with Gasteiger partial charge in [-0.2, -0.15) is 5.10 Å². The maximum absolute atomic E-state index is 12.4. The zero-order chi connectivity index (χ0) is 26.1. The minimum absolute atomic E-state index is 0.170. The number of amides is 3. The summed E-state index contributed by atoms with van der Waals surface area (Å²) in [6, 6.07) is 6.42. The second-order valence-electron chi connectivity index (χ2n) is 10.9. The Kier molecular flexibility index (Phi) is 7.40. The molecule has 0 aliphatic carbocycles. The smallest absolute Gasteiger partial charge is 0.409 e. The molecule has 0 radical (unpaired) electrons. The van der Waals surface area contributed by atoms with Crippen LogP contribution in [0.3, 0.4) is 0 Å². The van der Waals surface area contributed by atoms with E-state index in [1.165, 1.54) is 18.5 Å². The van der Waals surface area contributed by atoms with Gasteiger partial charge in [-0.15, -0.1) is 0 Å². The molecule has 5 rings (SSSR count). The van der Waals surface area contributed by atoms with E-state index in [0.29, 0.717) is 37.2 Å². The third-order valence-electron chi connectivity index (χ3n) is 8.89. The van der Waals surface area contributed by atoms with Crippen molar-refractivity contribution in [2.45, 2.75) is 58.3 Å². The molecule has 1 aromatic carbocycles. The molecule has 37 heavy (non-hydrogen) atoms. The van der Waals surface area contributed by atoms with E-state index >= 15 is 0 Å². The van der Waals surface area contributed by atoms with Crippen LogP contribution in [0.15, 0.2) is 18.2 Å². The van der Waals surface area contributed by atoms with Crippen LogP contribution in [0.25, 0.3) is 10.9 Å². The molecule has 200 valence electrons. The number of carbonyl (C=O) groups excluding carboxylic acids is 3. The van der Waals surface area contributed by atoms with Crippen molar-refractivity contribution in [3.05, 3.63) is 23.9 Å². The van der Waals surface area contributed by atoms with E-state index in [2.05, 4.69) is 40.4 Å². The highest BCUT2D eigenvalue weighted by molar-refractivity contribution is 6.02. The maximum atomic E-state index is 12.4. The Morgan fingerprint density at radius 1 is 1.08 bits per heavy atom.